The zero-order valence-electron chi connectivity index (χ0n) is 19.7. The van der Waals surface area contributed by atoms with Crippen LogP contribution >= 0.6 is 0 Å². The van der Waals surface area contributed by atoms with E-state index in [1.54, 1.807) is 24.3 Å². The van der Waals surface area contributed by atoms with E-state index < -0.39 is 6.10 Å². The second-order valence-corrected chi connectivity index (χ2v) is 9.93. The molecule has 178 valence electrons. The van der Waals surface area contributed by atoms with Gasteiger partial charge in [0.1, 0.15) is 5.75 Å². The molecule has 0 bridgehead atoms. The minimum Gasteiger partial charge on any atom is -0.427 e. The number of carbonyl (C=O) groups excluding carboxylic acids is 2. The minimum absolute atomic E-state index is 0.00522. The number of ether oxygens (including phenoxy) is 1. The predicted octanol–water partition coefficient (Wildman–Crippen LogP) is 5.85. The van der Waals surface area contributed by atoms with Gasteiger partial charge in [0.15, 0.2) is 0 Å². The number of esters is 1. The molecule has 2 atom stereocenters. The molecule has 2 fully saturated rings. The van der Waals surface area contributed by atoms with Crippen molar-refractivity contribution in [2.24, 2.45) is 11.8 Å². The van der Waals surface area contributed by atoms with Crippen molar-refractivity contribution >= 4 is 11.9 Å². The largest absolute Gasteiger partial charge is 0.427 e. The van der Waals surface area contributed by atoms with Gasteiger partial charge in [-0.05, 0) is 49.3 Å². The lowest BCUT2D eigenvalue weighted by Gasteiger charge is -2.23. The van der Waals surface area contributed by atoms with Gasteiger partial charge in [0.25, 0.3) is 0 Å². The molecule has 0 saturated heterocycles. The lowest BCUT2D eigenvalue weighted by molar-refractivity contribution is -0.134. The first-order valence-corrected chi connectivity index (χ1v) is 12.8. The van der Waals surface area contributed by atoms with E-state index in [-0.39, 0.29) is 17.9 Å². The fourth-order valence-electron chi connectivity index (χ4n) is 5.22. The van der Waals surface area contributed by atoms with Gasteiger partial charge in [-0.2, -0.15) is 0 Å². The van der Waals surface area contributed by atoms with E-state index in [0.717, 1.165) is 12.8 Å². The molecule has 0 heterocycles. The third kappa shape index (κ3) is 8.23. The SMILES string of the molecule is CC(NC(=O)CCC1CCCCC1)C(O)c1ccc(OC(=O)CCC2CCCCC2)cc1. The van der Waals surface area contributed by atoms with Crippen molar-refractivity contribution in [3.05, 3.63) is 29.8 Å². The molecular weight excluding hydrogens is 402 g/mol. The van der Waals surface area contributed by atoms with Crippen LogP contribution < -0.4 is 10.1 Å². The van der Waals surface area contributed by atoms with Gasteiger partial charge in [-0.25, -0.2) is 0 Å². The monoisotopic (exact) mass is 443 g/mol. The van der Waals surface area contributed by atoms with Gasteiger partial charge in [0.2, 0.25) is 5.91 Å². The average Bonchev–Trinajstić information content (AvgIpc) is 2.83. The van der Waals surface area contributed by atoms with Crippen LogP contribution in [0.1, 0.15) is 108 Å². The Morgan fingerprint density at radius 3 is 2.00 bits per heavy atom. The first kappa shape index (κ1) is 24.8. The molecule has 0 aliphatic heterocycles. The van der Waals surface area contributed by atoms with E-state index in [1.807, 2.05) is 6.92 Å². The smallest absolute Gasteiger partial charge is 0.311 e. The van der Waals surface area contributed by atoms with Crippen molar-refractivity contribution in [2.75, 3.05) is 0 Å². The van der Waals surface area contributed by atoms with Gasteiger partial charge in [-0.1, -0.05) is 76.3 Å². The third-order valence-corrected chi connectivity index (χ3v) is 7.30. The number of aliphatic hydroxyl groups excluding tert-OH is 1. The first-order valence-electron chi connectivity index (χ1n) is 12.8. The summed E-state index contributed by atoms with van der Waals surface area (Å²) in [7, 11) is 0. The van der Waals surface area contributed by atoms with Crippen LogP contribution in [0.3, 0.4) is 0 Å². The summed E-state index contributed by atoms with van der Waals surface area (Å²) in [4.78, 5) is 24.5. The molecule has 1 aromatic carbocycles. The molecule has 2 N–H and O–H groups in total. The summed E-state index contributed by atoms with van der Waals surface area (Å²) in [6.45, 7) is 1.82. The second-order valence-electron chi connectivity index (χ2n) is 9.93. The van der Waals surface area contributed by atoms with Crippen molar-refractivity contribution in [3.8, 4) is 5.75 Å². The number of rotatable bonds is 10. The lowest BCUT2D eigenvalue weighted by Crippen LogP contribution is -2.37. The molecule has 5 heteroatoms. The fourth-order valence-corrected chi connectivity index (χ4v) is 5.22. The highest BCUT2D eigenvalue weighted by molar-refractivity contribution is 5.76. The van der Waals surface area contributed by atoms with Crippen molar-refractivity contribution < 1.29 is 19.4 Å². The normalized spacial score (nSPS) is 19.8. The van der Waals surface area contributed by atoms with E-state index in [9.17, 15) is 14.7 Å². The molecule has 1 aromatic rings. The Bertz CT molecular complexity index is 705. The molecule has 2 aliphatic carbocycles. The number of carbonyl (C=O) groups is 2. The highest BCUT2D eigenvalue weighted by Crippen LogP contribution is 2.28. The molecule has 0 spiro atoms. The summed E-state index contributed by atoms with van der Waals surface area (Å²) >= 11 is 0. The maximum Gasteiger partial charge on any atom is 0.311 e. The Morgan fingerprint density at radius 2 is 1.44 bits per heavy atom. The van der Waals surface area contributed by atoms with Crippen LogP contribution in [-0.2, 0) is 9.59 Å². The van der Waals surface area contributed by atoms with Crippen LogP contribution in [0.2, 0.25) is 0 Å². The van der Waals surface area contributed by atoms with E-state index in [1.165, 1.54) is 64.2 Å². The first-order chi connectivity index (χ1) is 15.5. The highest BCUT2D eigenvalue weighted by Gasteiger charge is 2.21. The van der Waals surface area contributed by atoms with Gasteiger partial charge in [-0.3, -0.25) is 9.59 Å². The summed E-state index contributed by atoms with van der Waals surface area (Å²) in [6, 6.07) is 6.58. The summed E-state index contributed by atoms with van der Waals surface area (Å²) in [6.07, 6.45) is 14.7. The highest BCUT2D eigenvalue weighted by atomic mass is 16.5. The Balaban J connectivity index is 1.38. The van der Waals surface area contributed by atoms with Gasteiger partial charge in [-0.15, -0.1) is 0 Å². The van der Waals surface area contributed by atoms with Crippen LogP contribution in [-0.4, -0.2) is 23.0 Å². The Hall–Kier alpha value is -1.88. The Labute approximate surface area is 193 Å². The van der Waals surface area contributed by atoms with Crippen LogP contribution in [0, 0.1) is 11.8 Å². The minimum atomic E-state index is -0.801. The average molecular weight is 444 g/mol. The second kappa shape index (κ2) is 13.0. The topological polar surface area (TPSA) is 75.6 Å². The Morgan fingerprint density at radius 1 is 0.906 bits per heavy atom. The summed E-state index contributed by atoms with van der Waals surface area (Å²) < 4.78 is 5.46. The van der Waals surface area contributed by atoms with Crippen LogP contribution in [0.25, 0.3) is 0 Å². The Kier molecular flexibility index (Phi) is 10.0. The van der Waals surface area contributed by atoms with Crippen LogP contribution in [0.5, 0.6) is 5.75 Å². The number of benzene rings is 1. The molecule has 0 aromatic heterocycles. The zero-order chi connectivity index (χ0) is 22.8. The molecule has 32 heavy (non-hydrogen) atoms. The van der Waals surface area contributed by atoms with Crippen LogP contribution in [0.4, 0.5) is 0 Å². The van der Waals surface area contributed by atoms with Crippen molar-refractivity contribution in [1.29, 1.82) is 0 Å². The van der Waals surface area contributed by atoms with Gasteiger partial charge < -0.3 is 15.2 Å². The van der Waals surface area contributed by atoms with Crippen molar-refractivity contribution in [1.82, 2.24) is 5.32 Å². The number of aliphatic hydroxyl groups is 1. The zero-order valence-corrected chi connectivity index (χ0v) is 19.7. The molecule has 3 rings (SSSR count). The molecule has 5 nitrogen and oxygen atoms in total. The number of nitrogens with one attached hydrogen (secondary N) is 1. The number of amides is 1. The van der Waals surface area contributed by atoms with Gasteiger partial charge >= 0.3 is 5.97 Å². The standard InChI is InChI=1S/C27H41NO4/c1-20(28-25(29)18-12-21-8-4-2-5-9-21)27(31)23-14-16-24(17-15-23)32-26(30)19-13-22-10-6-3-7-11-22/h14-17,20-22,27,31H,2-13,18-19H2,1H3,(H,28,29). The maximum atomic E-state index is 12.3. The molecular formula is C27H41NO4. The quantitative estimate of drug-likeness (QED) is 0.351. The number of hydrogen-bond acceptors (Lipinski definition) is 4. The lowest BCUT2D eigenvalue weighted by atomic mass is 9.86. The van der Waals surface area contributed by atoms with E-state index in [4.69, 9.17) is 4.74 Å². The van der Waals surface area contributed by atoms with E-state index >= 15 is 0 Å². The van der Waals surface area contributed by atoms with Crippen molar-refractivity contribution in [2.45, 2.75) is 109 Å². The van der Waals surface area contributed by atoms with Crippen molar-refractivity contribution in [3.63, 3.8) is 0 Å². The predicted molar refractivity (Wildman–Crippen MR) is 126 cm³/mol. The fraction of sp³-hybridized carbons (Fsp3) is 0.704. The molecule has 1 amide bonds. The molecule has 2 saturated carbocycles. The molecule has 0 radical (unpaired) electrons. The van der Waals surface area contributed by atoms with E-state index in [0.29, 0.717) is 36.0 Å². The molecule has 2 aliphatic rings. The summed E-state index contributed by atoms with van der Waals surface area (Å²) in [5, 5.41) is 13.6. The molecule has 2 unspecified atom stereocenters. The van der Waals surface area contributed by atoms with Crippen LogP contribution in [0.15, 0.2) is 24.3 Å². The maximum absolute atomic E-state index is 12.3. The van der Waals surface area contributed by atoms with Gasteiger partial charge in [0, 0.05) is 12.8 Å². The third-order valence-electron chi connectivity index (χ3n) is 7.30. The summed E-state index contributed by atoms with van der Waals surface area (Å²) in [5.74, 6) is 1.65. The van der Waals surface area contributed by atoms with Gasteiger partial charge in [0.05, 0.1) is 12.1 Å². The van der Waals surface area contributed by atoms with E-state index in [2.05, 4.69) is 5.32 Å². The number of hydrogen-bond donors (Lipinski definition) is 2. The summed E-state index contributed by atoms with van der Waals surface area (Å²) in [5.41, 5.74) is 0.701.